The van der Waals surface area contributed by atoms with Crippen LogP contribution in [0.25, 0.3) is 0 Å². The maximum atomic E-state index is 13.1. The minimum atomic E-state index is -4.51. The minimum Gasteiger partial charge on any atom is -0.398 e. The number of carbonyl (C=O) groups excluding carboxylic acids is 2. The van der Waals surface area contributed by atoms with Crippen molar-refractivity contribution in [1.29, 1.82) is 0 Å². The van der Waals surface area contributed by atoms with Crippen molar-refractivity contribution in [2.75, 3.05) is 5.73 Å². The molecule has 2 aromatic carbocycles. The molecule has 162 valence electrons. The predicted molar refractivity (Wildman–Crippen MR) is 110 cm³/mol. The number of anilines is 1. The molecule has 0 spiro atoms. The first-order valence-corrected chi connectivity index (χ1v) is 9.90. The van der Waals surface area contributed by atoms with Gasteiger partial charge in [0, 0.05) is 18.7 Å². The number of hydrogen-bond donors (Lipinski definition) is 4. The van der Waals surface area contributed by atoms with Crippen LogP contribution in [0.15, 0.2) is 53.4 Å². The summed E-state index contributed by atoms with van der Waals surface area (Å²) in [5, 5.41) is 5.35. The van der Waals surface area contributed by atoms with Gasteiger partial charge in [-0.3, -0.25) is 9.52 Å². The van der Waals surface area contributed by atoms with Gasteiger partial charge >= 0.3 is 12.2 Å². The van der Waals surface area contributed by atoms with E-state index in [9.17, 15) is 22.8 Å². The number of nitrogens with one attached hydrogen (secondary N) is 3. The fraction of sp³-hybridized carbons (Fsp3) is 0.300. The van der Waals surface area contributed by atoms with Crippen LogP contribution in [0.1, 0.15) is 37.4 Å². The summed E-state index contributed by atoms with van der Waals surface area (Å²) in [7, 11) is 0. The van der Waals surface area contributed by atoms with Crippen molar-refractivity contribution < 1.29 is 22.8 Å². The number of nitrogens with two attached hydrogens (primary N) is 1. The lowest BCUT2D eigenvalue weighted by atomic mass is 9.98. The molecule has 2 aromatic rings. The summed E-state index contributed by atoms with van der Waals surface area (Å²) in [6.45, 7) is 3.05. The molecule has 0 fully saturated rings. The average Bonchev–Trinajstić information content (AvgIpc) is 2.65. The standard InChI is InChI=1S/C20H23F3N4O2S/c1-12(25-13(2)28)10-17(14-6-5-7-15(11-14)20(21,22)23)26-19(29)27-30-18-9-4-3-8-16(18)24/h3-9,11-12,17H,10,24H2,1-2H3,(H,25,28)(H2,26,27,29). The molecule has 5 N–H and O–H groups in total. The van der Waals surface area contributed by atoms with E-state index >= 15 is 0 Å². The molecule has 0 saturated heterocycles. The molecule has 10 heteroatoms. The zero-order valence-corrected chi connectivity index (χ0v) is 17.2. The first-order valence-electron chi connectivity index (χ1n) is 9.08. The highest BCUT2D eigenvalue weighted by atomic mass is 32.2. The fourth-order valence-corrected chi connectivity index (χ4v) is 3.43. The topological polar surface area (TPSA) is 96.2 Å². The van der Waals surface area contributed by atoms with Gasteiger partial charge in [-0.2, -0.15) is 13.2 Å². The van der Waals surface area contributed by atoms with Crippen LogP contribution in [0.4, 0.5) is 23.7 Å². The molecule has 2 unspecified atom stereocenters. The Morgan fingerprint density at radius 3 is 2.43 bits per heavy atom. The van der Waals surface area contributed by atoms with Crippen LogP contribution in [0.2, 0.25) is 0 Å². The molecule has 0 aromatic heterocycles. The molecule has 0 aliphatic carbocycles. The number of alkyl halides is 3. The van der Waals surface area contributed by atoms with Crippen LogP contribution < -0.4 is 21.1 Å². The summed E-state index contributed by atoms with van der Waals surface area (Å²) >= 11 is 0.992. The lowest BCUT2D eigenvalue weighted by Gasteiger charge is -2.24. The Labute approximate surface area is 176 Å². The number of rotatable bonds is 7. The van der Waals surface area contributed by atoms with Gasteiger partial charge in [-0.15, -0.1) is 0 Å². The first kappa shape index (κ1) is 23.4. The number of amides is 3. The maximum absolute atomic E-state index is 13.1. The molecule has 0 radical (unpaired) electrons. The van der Waals surface area contributed by atoms with E-state index in [1.165, 1.54) is 19.1 Å². The second kappa shape index (κ2) is 10.2. The van der Waals surface area contributed by atoms with Crippen molar-refractivity contribution in [3.05, 3.63) is 59.7 Å². The lowest BCUT2D eigenvalue weighted by molar-refractivity contribution is -0.137. The average molecular weight is 440 g/mol. The van der Waals surface area contributed by atoms with E-state index in [0.29, 0.717) is 10.6 Å². The smallest absolute Gasteiger partial charge is 0.398 e. The molecular weight excluding hydrogens is 417 g/mol. The van der Waals surface area contributed by atoms with E-state index in [4.69, 9.17) is 5.73 Å². The van der Waals surface area contributed by atoms with Crippen molar-refractivity contribution in [1.82, 2.24) is 15.4 Å². The number of hydrogen-bond acceptors (Lipinski definition) is 4. The van der Waals surface area contributed by atoms with Gasteiger partial charge in [0.1, 0.15) is 0 Å². The van der Waals surface area contributed by atoms with Gasteiger partial charge in [-0.1, -0.05) is 24.3 Å². The SMILES string of the molecule is CC(=O)NC(C)CC(NC(=O)NSc1ccccc1N)c1cccc(C(F)(F)F)c1. The van der Waals surface area contributed by atoms with Gasteiger partial charge in [0.25, 0.3) is 0 Å². The van der Waals surface area contributed by atoms with Crippen LogP contribution in [-0.2, 0) is 11.0 Å². The number of benzene rings is 2. The lowest BCUT2D eigenvalue weighted by Crippen LogP contribution is -2.39. The largest absolute Gasteiger partial charge is 0.416 e. The molecule has 0 aliphatic rings. The number of urea groups is 1. The molecule has 2 rings (SSSR count). The molecular formula is C20H23F3N4O2S. The number of carbonyl (C=O) groups is 2. The Kier molecular flexibility index (Phi) is 7.99. The van der Waals surface area contributed by atoms with Crippen LogP contribution in [0.3, 0.4) is 0 Å². The van der Waals surface area contributed by atoms with Gasteiger partial charge in [-0.25, -0.2) is 4.79 Å². The zero-order chi connectivity index (χ0) is 22.3. The zero-order valence-electron chi connectivity index (χ0n) is 16.4. The van der Waals surface area contributed by atoms with E-state index in [1.54, 1.807) is 31.2 Å². The molecule has 3 amide bonds. The Balaban J connectivity index is 2.16. The second-order valence-corrected chi connectivity index (χ2v) is 7.58. The maximum Gasteiger partial charge on any atom is 0.416 e. The molecule has 0 bridgehead atoms. The quantitative estimate of drug-likeness (QED) is 0.382. The Hall–Kier alpha value is -2.88. The van der Waals surface area contributed by atoms with E-state index in [0.717, 1.165) is 24.1 Å². The van der Waals surface area contributed by atoms with Crippen LogP contribution in [0, 0.1) is 0 Å². The number of para-hydroxylation sites is 1. The highest BCUT2D eigenvalue weighted by molar-refractivity contribution is 7.98. The minimum absolute atomic E-state index is 0.201. The van der Waals surface area contributed by atoms with Gasteiger partial charge in [-0.05, 0) is 55.1 Å². The summed E-state index contributed by atoms with van der Waals surface area (Å²) in [6.07, 6.45) is -4.31. The van der Waals surface area contributed by atoms with Gasteiger partial charge in [0.05, 0.1) is 16.5 Å². The van der Waals surface area contributed by atoms with Crippen molar-refractivity contribution in [2.24, 2.45) is 0 Å². The summed E-state index contributed by atoms with van der Waals surface area (Å²) in [4.78, 5) is 24.3. The third-order valence-electron chi connectivity index (χ3n) is 4.13. The van der Waals surface area contributed by atoms with Crippen molar-refractivity contribution in [3.8, 4) is 0 Å². The molecule has 6 nitrogen and oxygen atoms in total. The Bertz CT molecular complexity index is 892. The summed E-state index contributed by atoms with van der Waals surface area (Å²) in [5.41, 5.74) is 5.78. The van der Waals surface area contributed by atoms with E-state index in [-0.39, 0.29) is 23.9 Å². The molecule has 0 heterocycles. The first-order chi connectivity index (χ1) is 14.1. The molecule has 2 atom stereocenters. The van der Waals surface area contributed by atoms with Crippen molar-refractivity contribution in [2.45, 2.75) is 43.4 Å². The molecule has 0 aliphatic heterocycles. The third kappa shape index (κ3) is 7.18. The van der Waals surface area contributed by atoms with Crippen LogP contribution in [-0.4, -0.2) is 18.0 Å². The molecule has 0 saturated carbocycles. The van der Waals surface area contributed by atoms with E-state index < -0.39 is 23.8 Å². The number of halogens is 3. The van der Waals surface area contributed by atoms with Gasteiger partial charge < -0.3 is 16.4 Å². The van der Waals surface area contributed by atoms with Crippen LogP contribution >= 0.6 is 11.9 Å². The van der Waals surface area contributed by atoms with Gasteiger partial charge in [0.15, 0.2) is 0 Å². The van der Waals surface area contributed by atoms with Crippen molar-refractivity contribution in [3.63, 3.8) is 0 Å². The normalized spacial score (nSPS) is 13.2. The summed E-state index contributed by atoms with van der Waals surface area (Å²) in [6, 6.07) is 9.94. The second-order valence-electron chi connectivity index (χ2n) is 6.73. The van der Waals surface area contributed by atoms with Crippen molar-refractivity contribution >= 4 is 29.6 Å². The van der Waals surface area contributed by atoms with Gasteiger partial charge in [0.2, 0.25) is 5.91 Å². The monoisotopic (exact) mass is 440 g/mol. The summed E-state index contributed by atoms with van der Waals surface area (Å²) in [5.74, 6) is -0.273. The highest BCUT2D eigenvalue weighted by Gasteiger charge is 2.31. The number of nitrogen functional groups attached to an aromatic ring is 1. The highest BCUT2D eigenvalue weighted by Crippen LogP contribution is 2.31. The third-order valence-corrected chi connectivity index (χ3v) is 5.01. The fourth-order valence-electron chi connectivity index (χ4n) is 2.83. The summed E-state index contributed by atoms with van der Waals surface area (Å²) < 4.78 is 41.9. The van der Waals surface area contributed by atoms with Crippen LogP contribution in [0.5, 0.6) is 0 Å². The predicted octanol–water partition coefficient (Wildman–Crippen LogP) is 4.25. The molecule has 30 heavy (non-hydrogen) atoms. The van der Waals surface area contributed by atoms with E-state index in [2.05, 4.69) is 15.4 Å². The Morgan fingerprint density at radius 2 is 1.80 bits per heavy atom. The van der Waals surface area contributed by atoms with E-state index in [1.807, 2.05) is 0 Å². The Morgan fingerprint density at radius 1 is 1.10 bits per heavy atom.